The van der Waals surface area contributed by atoms with E-state index in [2.05, 4.69) is 15.5 Å². The average Bonchev–Trinajstić information content (AvgIpc) is 2.42. The molecule has 0 spiro atoms. The quantitative estimate of drug-likeness (QED) is 0.754. The number of methoxy groups -OCH3 is 1. The minimum atomic E-state index is -0.914. The standard InChI is InChI=1S/C12H17N3O4/c1-3-4-8(12(17)18)7-13-11(16)9-5-6-10(19-2)15-14-9/h5-6,8H,3-4,7H2,1-2H3,(H,13,16)(H,17,18). The Bertz CT molecular complexity index is 433. The van der Waals surface area contributed by atoms with Gasteiger partial charge in [-0.1, -0.05) is 13.3 Å². The van der Waals surface area contributed by atoms with Crippen LogP contribution in [0.3, 0.4) is 0 Å². The molecular formula is C12H17N3O4. The minimum absolute atomic E-state index is 0.0791. The van der Waals surface area contributed by atoms with E-state index in [4.69, 9.17) is 9.84 Å². The average molecular weight is 267 g/mol. The summed E-state index contributed by atoms with van der Waals surface area (Å²) in [4.78, 5) is 22.7. The summed E-state index contributed by atoms with van der Waals surface area (Å²) < 4.78 is 4.83. The summed E-state index contributed by atoms with van der Waals surface area (Å²) in [5.41, 5.74) is 0.126. The van der Waals surface area contributed by atoms with E-state index in [9.17, 15) is 9.59 Å². The van der Waals surface area contributed by atoms with Crippen LogP contribution in [0.25, 0.3) is 0 Å². The van der Waals surface area contributed by atoms with Crippen LogP contribution in [0.5, 0.6) is 5.88 Å². The first-order valence-electron chi connectivity index (χ1n) is 5.97. The Morgan fingerprint density at radius 1 is 1.42 bits per heavy atom. The fraction of sp³-hybridized carbons (Fsp3) is 0.500. The van der Waals surface area contributed by atoms with Crippen molar-refractivity contribution in [2.24, 2.45) is 5.92 Å². The summed E-state index contributed by atoms with van der Waals surface area (Å²) in [6, 6.07) is 2.99. The van der Waals surface area contributed by atoms with Crippen LogP contribution in [-0.4, -0.2) is 40.8 Å². The number of nitrogens with one attached hydrogen (secondary N) is 1. The van der Waals surface area contributed by atoms with Crippen molar-refractivity contribution < 1.29 is 19.4 Å². The maximum Gasteiger partial charge on any atom is 0.308 e. The number of carboxylic acids is 1. The molecule has 1 amide bonds. The number of hydrogen-bond acceptors (Lipinski definition) is 5. The molecule has 0 saturated heterocycles. The van der Waals surface area contributed by atoms with Gasteiger partial charge in [0.2, 0.25) is 5.88 Å². The fourth-order valence-corrected chi connectivity index (χ4v) is 1.52. The Balaban J connectivity index is 2.56. The van der Waals surface area contributed by atoms with Crippen molar-refractivity contribution in [1.29, 1.82) is 0 Å². The molecule has 1 heterocycles. The summed E-state index contributed by atoms with van der Waals surface area (Å²) in [5.74, 6) is -1.63. The van der Waals surface area contributed by atoms with Gasteiger partial charge < -0.3 is 15.2 Å². The number of carboxylic acid groups (broad SMARTS) is 1. The van der Waals surface area contributed by atoms with Crippen molar-refractivity contribution in [3.63, 3.8) is 0 Å². The predicted molar refractivity (Wildman–Crippen MR) is 67.0 cm³/mol. The molecule has 0 aromatic carbocycles. The third-order valence-corrected chi connectivity index (χ3v) is 2.58. The number of aliphatic carboxylic acids is 1. The molecule has 0 aliphatic rings. The third kappa shape index (κ3) is 4.53. The maximum absolute atomic E-state index is 11.7. The van der Waals surface area contributed by atoms with Gasteiger partial charge in [-0.15, -0.1) is 10.2 Å². The first kappa shape index (κ1) is 14.9. The van der Waals surface area contributed by atoms with Crippen LogP contribution in [0.1, 0.15) is 30.3 Å². The fourth-order valence-electron chi connectivity index (χ4n) is 1.52. The number of nitrogens with zero attached hydrogens (tertiary/aromatic N) is 2. The summed E-state index contributed by atoms with van der Waals surface area (Å²) in [5, 5.41) is 18.9. The molecule has 7 nitrogen and oxygen atoms in total. The third-order valence-electron chi connectivity index (χ3n) is 2.58. The van der Waals surface area contributed by atoms with Crippen LogP contribution in [0.4, 0.5) is 0 Å². The molecule has 1 unspecified atom stereocenters. The van der Waals surface area contributed by atoms with Gasteiger partial charge in [-0.25, -0.2) is 0 Å². The van der Waals surface area contributed by atoms with Gasteiger partial charge >= 0.3 is 5.97 Å². The molecule has 0 fully saturated rings. The zero-order valence-corrected chi connectivity index (χ0v) is 10.9. The first-order chi connectivity index (χ1) is 9.08. The highest BCUT2D eigenvalue weighted by Crippen LogP contribution is 2.06. The molecule has 1 aromatic heterocycles. The summed E-state index contributed by atoms with van der Waals surface area (Å²) in [6.07, 6.45) is 1.26. The molecule has 19 heavy (non-hydrogen) atoms. The Labute approximate surface area is 111 Å². The second-order valence-electron chi connectivity index (χ2n) is 3.99. The molecule has 0 saturated carbocycles. The zero-order chi connectivity index (χ0) is 14.3. The predicted octanol–water partition coefficient (Wildman–Crippen LogP) is 0.716. The number of carbonyl (C=O) groups is 2. The molecular weight excluding hydrogens is 250 g/mol. The lowest BCUT2D eigenvalue weighted by molar-refractivity contribution is -0.141. The van der Waals surface area contributed by atoms with Crippen molar-refractivity contribution in [2.45, 2.75) is 19.8 Å². The van der Waals surface area contributed by atoms with E-state index in [-0.39, 0.29) is 12.2 Å². The minimum Gasteiger partial charge on any atom is -0.481 e. The Hall–Kier alpha value is -2.18. The van der Waals surface area contributed by atoms with E-state index >= 15 is 0 Å². The van der Waals surface area contributed by atoms with Gasteiger partial charge in [-0.2, -0.15) is 0 Å². The lowest BCUT2D eigenvalue weighted by Gasteiger charge is -2.11. The SMILES string of the molecule is CCCC(CNC(=O)c1ccc(OC)nn1)C(=O)O. The molecule has 2 N–H and O–H groups in total. The van der Waals surface area contributed by atoms with E-state index in [1.54, 1.807) is 0 Å². The van der Waals surface area contributed by atoms with E-state index < -0.39 is 17.8 Å². The number of rotatable bonds is 7. The molecule has 0 radical (unpaired) electrons. The van der Waals surface area contributed by atoms with Crippen LogP contribution >= 0.6 is 0 Å². The lowest BCUT2D eigenvalue weighted by Crippen LogP contribution is -2.33. The number of aromatic nitrogens is 2. The highest BCUT2D eigenvalue weighted by atomic mass is 16.5. The van der Waals surface area contributed by atoms with Crippen molar-refractivity contribution >= 4 is 11.9 Å². The highest BCUT2D eigenvalue weighted by molar-refractivity contribution is 5.92. The molecule has 7 heteroatoms. The van der Waals surface area contributed by atoms with E-state index in [0.29, 0.717) is 12.3 Å². The smallest absolute Gasteiger partial charge is 0.308 e. The van der Waals surface area contributed by atoms with Gasteiger partial charge in [0.1, 0.15) is 0 Å². The Morgan fingerprint density at radius 2 is 2.16 bits per heavy atom. The van der Waals surface area contributed by atoms with E-state index in [1.165, 1.54) is 19.2 Å². The van der Waals surface area contributed by atoms with Gasteiger partial charge in [-0.05, 0) is 12.5 Å². The monoisotopic (exact) mass is 267 g/mol. The number of hydrogen-bond donors (Lipinski definition) is 2. The topological polar surface area (TPSA) is 101 Å². The van der Waals surface area contributed by atoms with Crippen molar-refractivity contribution in [2.75, 3.05) is 13.7 Å². The zero-order valence-electron chi connectivity index (χ0n) is 10.9. The number of ether oxygens (including phenoxy) is 1. The Morgan fingerprint density at radius 3 is 2.63 bits per heavy atom. The van der Waals surface area contributed by atoms with Crippen LogP contribution < -0.4 is 10.1 Å². The number of carbonyl (C=O) groups excluding carboxylic acids is 1. The van der Waals surface area contributed by atoms with Crippen LogP contribution in [0, 0.1) is 5.92 Å². The summed E-state index contributed by atoms with van der Waals surface area (Å²) >= 11 is 0. The van der Waals surface area contributed by atoms with Gasteiger partial charge in [-0.3, -0.25) is 9.59 Å². The van der Waals surface area contributed by atoms with Gasteiger partial charge in [0, 0.05) is 12.6 Å². The van der Waals surface area contributed by atoms with Gasteiger partial charge in [0.25, 0.3) is 5.91 Å². The molecule has 1 atom stereocenters. The first-order valence-corrected chi connectivity index (χ1v) is 5.97. The molecule has 0 aliphatic carbocycles. The van der Waals surface area contributed by atoms with Crippen molar-refractivity contribution in [3.8, 4) is 5.88 Å². The lowest BCUT2D eigenvalue weighted by atomic mass is 10.0. The molecule has 1 rings (SSSR count). The molecule has 1 aromatic rings. The van der Waals surface area contributed by atoms with Crippen LogP contribution in [0.15, 0.2) is 12.1 Å². The second-order valence-corrected chi connectivity index (χ2v) is 3.99. The normalized spacial score (nSPS) is 11.7. The molecule has 104 valence electrons. The van der Waals surface area contributed by atoms with Gasteiger partial charge in [0.05, 0.1) is 13.0 Å². The van der Waals surface area contributed by atoms with Crippen LogP contribution in [0.2, 0.25) is 0 Å². The molecule has 0 bridgehead atoms. The highest BCUT2D eigenvalue weighted by Gasteiger charge is 2.18. The number of amides is 1. The van der Waals surface area contributed by atoms with E-state index in [0.717, 1.165) is 6.42 Å². The molecule has 0 aliphatic heterocycles. The maximum atomic E-state index is 11.7. The largest absolute Gasteiger partial charge is 0.481 e. The van der Waals surface area contributed by atoms with Crippen molar-refractivity contribution in [3.05, 3.63) is 17.8 Å². The second kappa shape index (κ2) is 7.30. The van der Waals surface area contributed by atoms with E-state index in [1.807, 2.05) is 6.92 Å². The Kier molecular flexibility index (Phi) is 5.72. The van der Waals surface area contributed by atoms with Gasteiger partial charge in [0.15, 0.2) is 5.69 Å². The van der Waals surface area contributed by atoms with Crippen molar-refractivity contribution in [1.82, 2.24) is 15.5 Å². The summed E-state index contributed by atoms with van der Waals surface area (Å²) in [7, 11) is 1.45. The summed E-state index contributed by atoms with van der Waals surface area (Å²) in [6.45, 7) is 1.97. The van der Waals surface area contributed by atoms with Crippen LogP contribution in [-0.2, 0) is 4.79 Å².